The van der Waals surface area contributed by atoms with E-state index in [1.54, 1.807) is 0 Å². The molecule has 1 aromatic carbocycles. The summed E-state index contributed by atoms with van der Waals surface area (Å²) in [6.45, 7) is 9.31. The minimum atomic E-state index is -0.508. The van der Waals surface area contributed by atoms with E-state index in [4.69, 9.17) is 4.52 Å². The highest BCUT2D eigenvalue weighted by atomic mass is 16.5. The lowest BCUT2D eigenvalue weighted by Gasteiger charge is -2.13. The number of aryl methyl sites for hydroxylation is 2. The number of benzene rings is 1. The van der Waals surface area contributed by atoms with Gasteiger partial charge in [0.05, 0.1) is 11.8 Å². The predicted octanol–water partition coefficient (Wildman–Crippen LogP) is 3.24. The maximum Gasteiger partial charge on any atom is 0.138 e. The molecule has 114 valence electrons. The lowest BCUT2D eigenvalue weighted by atomic mass is 10.00. The molecule has 0 saturated carbocycles. The van der Waals surface area contributed by atoms with Gasteiger partial charge in [0, 0.05) is 18.7 Å². The Labute approximate surface area is 126 Å². The number of aliphatic hydroxyl groups is 1. The molecule has 21 heavy (non-hydrogen) atoms. The first-order valence-corrected chi connectivity index (χ1v) is 7.39. The zero-order chi connectivity index (χ0) is 15.4. The number of hydrogen-bond donors (Lipinski definition) is 2. The van der Waals surface area contributed by atoms with Gasteiger partial charge >= 0.3 is 0 Å². The fourth-order valence-corrected chi connectivity index (χ4v) is 2.31. The van der Waals surface area contributed by atoms with E-state index in [2.05, 4.69) is 36.5 Å². The number of aliphatic hydroxyl groups excluding tert-OH is 1. The second kappa shape index (κ2) is 6.87. The molecule has 0 aliphatic heterocycles. The van der Waals surface area contributed by atoms with Gasteiger partial charge in [-0.25, -0.2) is 0 Å². The van der Waals surface area contributed by atoms with E-state index in [1.165, 1.54) is 5.56 Å². The molecule has 0 radical (unpaired) electrons. The average Bonchev–Trinajstić information content (AvgIpc) is 2.79. The van der Waals surface area contributed by atoms with Crippen molar-refractivity contribution < 1.29 is 9.63 Å². The van der Waals surface area contributed by atoms with Crippen LogP contribution >= 0.6 is 0 Å². The summed E-state index contributed by atoms with van der Waals surface area (Å²) in [6, 6.07) is 8.16. The third kappa shape index (κ3) is 3.93. The van der Waals surface area contributed by atoms with Crippen LogP contribution in [-0.4, -0.2) is 16.8 Å². The van der Waals surface area contributed by atoms with Gasteiger partial charge in [-0.1, -0.05) is 43.3 Å². The molecule has 4 nitrogen and oxygen atoms in total. The first-order valence-electron chi connectivity index (χ1n) is 7.39. The van der Waals surface area contributed by atoms with Gasteiger partial charge in [0.1, 0.15) is 5.76 Å². The summed E-state index contributed by atoms with van der Waals surface area (Å²) >= 11 is 0. The van der Waals surface area contributed by atoms with Crippen molar-refractivity contribution in [3.8, 4) is 0 Å². The highest BCUT2D eigenvalue weighted by molar-refractivity contribution is 5.26. The molecule has 4 heteroatoms. The minimum Gasteiger partial charge on any atom is -0.387 e. The zero-order valence-electron chi connectivity index (χ0n) is 13.2. The fraction of sp³-hybridized carbons (Fsp3) is 0.471. The van der Waals surface area contributed by atoms with Crippen LogP contribution in [0.2, 0.25) is 0 Å². The molecule has 0 saturated heterocycles. The van der Waals surface area contributed by atoms with Crippen molar-refractivity contribution in [3.05, 3.63) is 52.4 Å². The lowest BCUT2D eigenvalue weighted by Crippen LogP contribution is -2.21. The van der Waals surface area contributed by atoms with Crippen molar-refractivity contribution in [2.45, 2.75) is 46.3 Å². The molecule has 2 N–H and O–H groups in total. The van der Waals surface area contributed by atoms with Gasteiger partial charge < -0.3 is 14.9 Å². The van der Waals surface area contributed by atoms with Gasteiger partial charge in [0.25, 0.3) is 0 Å². The fourth-order valence-electron chi connectivity index (χ4n) is 2.31. The summed E-state index contributed by atoms with van der Waals surface area (Å²) in [6.07, 6.45) is -0.508. The molecular weight excluding hydrogens is 264 g/mol. The molecule has 0 bridgehead atoms. The van der Waals surface area contributed by atoms with Crippen LogP contribution in [-0.2, 0) is 6.54 Å². The monoisotopic (exact) mass is 288 g/mol. The molecule has 1 aromatic heterocycles. The van der Waals surface area contributed by atoms with E-state index in [0.29, 0.717) is 19.0 Å². The zero-order valence-corrected chi connectivity index (χ0v) is 13.2. The Bertz CT molecular complexity index is 553. The second-order valence-electron chi connectivity index (χ2n) is 5.77. The number of nitrogens with zero attached hydrogens (tertiary/aromatic N) is 1. The molecule has 2 aromatic rings. The highest BCUT2D eigenvalue weighted by Gasteiger charge is 2.11. The third-order valence-electron chi connectivity index (χ3n) is 3.81. The Morgan fingerprint density at radius 3 is 2.29 bits per heavy atom. The molecule has 1 unspecified atom stereocenters. The lowest BCUT2D eigenvalue weighted by molar-refractivity contribution is 0.174. The third-order valence-corrected chi connectivity index (χ3v) is 3.81. The van der Waals surface area contributed by atoms with Crippen LogP contribution in [0.3, 0.4) is 0 Å². The summed E-state index contributed by atoms with van der Waals surface area (Å²) in [7, 11) is 0. The van der Waals surface area contributed by atoms with Crippen LogP contribution in [0.1, 0.15) is 54.0 Å². The summed E-state index contributed by atoms with van der Waals surface area (Å²) in [4.78, 5) is 0. The number of rotatable bonds is 6. The maximum atomic E-state index is 10.2. The maximum absolute atomic E-state index is 10.2. The van der Waals surface area contributed by atoms with Gasteiger partial charge in [-0.05, 0) is 30.9 Å². The SMILES string of the molecule is Cc1noc(C)c1CNCC(O)c1ccc(C(C)C)cc1. The summed E-state index contributed by atoms with van der Waals surface area (Å²) < 4.78 is 5.12. The Hall–Kier alpha value is -1.65. The van der Waals surface area contributed by atoms with Gasteiger partial charge in [-0.2, -0.15) is 0 Å². The Kier molecular flexibility index (Phi) is 5.15. The number of nitrogens with one attached hydrogen (secondary N) is 1. The molecule has 1 heterocycles. The van der Waals surface area contributed by atoms with E-state index in [9.17, 15) is 5.11 Å². The van der Waals surface area contributed by atoms with Crippen LogP contribution in [0, 0.1) is 13.8 Å². The number of aromatic nitrogens is 1. The summed E-state index contributed by atoms with van der Waals surface area (Å²) in [5.74, 6) is 1.34. The molecule has 1 atom stereocenters. The van der Waals surface area contributed by atoms with E-state index in [1.807, 2.05) is 26.0 Å². The van der Waals surface area contributed by atoms with Gasteiger partial charge in [0.2, 0.25) is 0 Å². The van der Waals surface area contributed by atoms with Crippen LogP contribution in [0.15, 0.2) is 28.8 Å². The van der Waals surface area contributed by atoms with E-state index in [-0.39, 0.29) is 0 Å². The van der Waals surface area contributed by atoms with Crippen molar-refractivity contribution in [2.24, 2.45) is 0 Å². The van der Waals surface area contributed by atoms with Crippen molar-refractivity contribution in [3.63, 3.8) is 0 Å². The molecule has 0 fully saturated rings. The Balaban J connectivity index is 1.88. The standard InChI is InChI=1S/C17H24N2O2/c1-11(2)14-5-7-15(8-6-14)17(20)10-18-9-16-12(3)19-21-13(16)4/h5-8,11,17-18,20H,9-10H2,1-4H3. The Morgan fingerprint density at radius 1 is 1.14 bits per heavy atom. The average molecular weight is 288 g/mol. The quantitative estimate of drug-likeness (QED) is 0.856. The Morgan fingerprint density at radius 2 is 1.76 bits per heavy atom. The van der Waals surface area contributed by atoms with Gasteiger partial charge in [-0.3, -0.25) is 0 Å². The molecule has 2 rings (SSSR count). The second-order valence-corrected chi connectivity index (χ2v) is 5.77. The summed E-state index contributed by atoms with van der Waals surface area (Å²) in [5, 5.41) is 17.4. The summed E-state index contributed by atoms with van der Waals surface area (Å²) in [5.41, 5.74) is 4.19. The van der Waals surface area contributed by atoms with Crippen molar-refractivity contribution in [1.29, 1.82) is 0 Å². The van der Waals surface area contributed by atoms with Gasteiger partial charge in [-0.15, -0.1) is 0 Å². The largest absolute Gasteiger partial charge is 0.387 e. The topological polar surface area (TPSA) is 58.3 Å². The van der Waals surface area contributed by atoms with E-state index in [0.717, 1.165) is 22.6 Å². The van der Waals surface area contributed by atoms with Crippen molar-refractivity contribution in [1.82, 2.24) is 10.5 Å². The first kappa shape index (κ1) is 15.7. The molecular formula is C17H24N2O2. The normalized spacial score (nSPS) is 12.9. The minimum absolute atomic E-state index is 0.505. The van der Waals surface area contributed by atoms with E-state index < -0.39 is 6.10 Å². The van der Waals surface area contributed by atoms with Crippen LogP contribution in [0.5, 0.6) is 0 Å². The first-order chi connectivity index (χ1) is 9.99. The van der Waals surface area contributed by atoms with Crippen molar-refractivity contribution in [2.75, 3.05) is 6.54 Å². The van der Waals surface area contributed by atoms with E-state index >= 15 is 0 Å². The van der Waals surface area contributed by atoms with Crippen LogP contribution in [0.25, 0.3) is 0 Å². The molecule has 0 aliphatic carbocycles. The molecule has 0 amide bonds. The molecule has 0 spiro atoms. The predicted molar refractivity (Wildman–Crippen MR) is 83.2 cm³/mol. The van der Waals surface area contributed by atoms with Gasteiger partial charge in [0.15, 0.2) is 0 Å². The highest BCUT2D eigenvalue weighted by Crippen LogP contribution is 2.18. The smallest absolute Gasteiger partial charge is 0.138 e. The van der Waals surface area contributed by atoms with Crippen LogP contribution in [0.4, 0.5) is 0 Å². The van der Waals surface area contributed by atoms with Crippen molar-refractivity contribution >= 4 is 0 Å². The van der Waals surface area contributed by atoms with Crippen LogP contribution < -0.4 is 5.32 Å². The number of hydrogen-bond acceptors (Lipinski definition) is 4. The molecule has 0 aliphatic rings.